The molecule has 134 valence electrons. The van der Waals surface area contributed by atoms with Crippen molar-refractivity contribution < 1.29 is 19.8 Å². The van der Waals surface area contributed by atoms with Crippen LogP contribution in [0.5, 0.6) is 0 Å². The first-order valence-corrected chi connectivity index (χ1v) is 8.08. The predicted molar refractivity (Wildman–Crippen MR) is 96.0 cm³/mol. The van der Waals surface area contributed by atoms with Crippen molar-refractivity contribution in [1.29, 1.82) is 0 Å². The number of hydrogen-bond acceptors (Lipinski definition) is 4. The summed E-state index contributed by atoms with van der Waals surface area (Å²) in [6, 6.07) is 4.09. The maximum Gasteiger partial charge on any atom is 0.355 e. The lowest BCUT2D eigenvalue weighted by molar-refractivity contribution is 0.0642. The van der Waals surface area contributed by atoms with Gasteiger partial charge in [0, 0.05) is 0 Å². The number of carboxylic acid groups (broad SMARTS) is 2. The molecule has 0 saturated heterocycles. The number of hydrogen-bond donors (Lipinski definition) is 2. The number of aromatic carboxylic acids is 2. The Balaban J connectivity index is 2.50. The number of nitrogens with zero attached hydrogens (tertiary/aromatic N) is 3. The van der Waals surface area contributed by atoms with Crippen LogP contribution in [0.4, 0.5) is 0 Å². The number of rotatable bonds is 3. The Morgan fingerprint density at radius 1 is 0.885 bits per heavy atom. The molecule has 0 aliphatic rings. The van der Waals surface area contributed by atoms with Gasteiger partial charge in [-0.1, -0.05) is 17.7 Å². The maximum atomic E-state index is 11.8. The van der Waals surface area contributed by atoms with Gasteiger partial charge in [0.1, 0.15) is 5.56 Å². The second-order valence-corrected chi connectivity index (χ2v) is 6.50. The fraction of sp³-hybridized carbons (Fsp3) is 0.263. The molecule has 26 heavy (non-hydrogen) atoms. The van der Waals surface area contributed by atoms with Gasteiger partial charge in [-0.25, -0.2) is 19.1 Å². The van der Waals surface area contributed by atoms with E-state index in [4.69, 9.17) is 0 Å². The molecule has 0 aliphatic heterocycles. The van der Waals surface area contributed by atoms with Crippen LogP contribution in [0.1, 0.15) is 48.9 Å². The van der Waals surface area contributed by atoms with E-state index >= 15 is 0 Å². The molecule has 2 aromatic heterocycles. The molecular weight excluding hydrogens is 334 g/mol. The average Bonchev–Trinajstić information content (AvgIpc) is 2.80. The fourth-order valence-corrected chi connectivity index (χ4v) is 3.59. The van der Waals surface area contributed by atoms with E-state index < -0.39 is 17.6 Å². The van der Waals surface area contributed by atoms with Crippen LogP contribution < -0.4 is 0 Å². The first-order chi connectivity index (χ1) is 12.1. The van der Waals surface area contributed by atoms with Crippen molar-refractivity contribution in [3.63, 3.8) is 0 Å². The van der Waals surface area contributed by atoms with Crippen LogP contribution in [0.25, 0.3) is 16.8 Å². The van der Waals surface area contributed by atoms with Gasteiger partial charge in [0.2, 0.25) is 0 Å². The predicted octanol–water partition coefficient (Wildman–Crippen LogP) is 3.33. The lowest BCUT2D eigenvalue weighted by Gasteiger charge is -2.12. The van der Waals surface area contributed by atoms with Crippen molar-refractivity contribution in [2.24, 2.45) is 0 Å². The summed E-state index contributed by atoms with van der Waals surface area (Å²) in [5.41, 5.74) is 5.19. The van der Waals surface area contributed by atoms with Crippen LogP contribution in [0.3, 0.4) is 0 Å². The summed E-state index contributed by atoms with van der Waals surface area (Å²) in [6.45, 7) is 9.24. The highest BCUT2D eigenvalue weighted by molar-refractivity contribution is 6.02. The zero-order valence-electron chi connectivity index (χ0n) is 15.2. The molecule has 0 atom stereocenters. The number of carboxylic acids is 2. The largest absolute Gasteiger partial charge is 0.478 e. The molecule has 3 rings (SSSR count). The minimum atomic E-state index is -1.36. The van der Waals surface area contributed by atoms with E-state index in [1.807, 2.05) is 32.9 Å². The van der Waals surface area contributed by atoms with Gasteiger partial charge in [0.05, 0.1) is 17.0 Å². The van der Waals surface area contributed by atoms with Gasteiger partial charge in [0.25, 0.3) is 0 Å². The Bertz CT molecular complexity index is 1070. The normalized spacial score (nSPS) is 11.1. The van der Waals surface area contributed by atoms with Crippen LogP contribution >= 0.6 is 0 Å². The zero-order chi connectivity index (χ0) is 19.3. The summed E-state index contributed by atoms with van der Waals surface area (Å²) >= 11 is 0. The highest BCUT2D eigenvalue weighted by Crippen LogP contribution is 2.34. The van der Waals surface area contributed by atoms with Gasteiger partial charge in [-0.15, -0.1) is 0 Å². The second-order valence-electron chi connectivity index (χ2n) is 6.50. The summed E-state index contributed by atoms with van der Waals surface area (Å²) < 4.78 is 1.13. The molecule has 0 aliphatic carbocycles. The van der Waals surface area contributed by atoms with Crippen LogP contribution in [-0.2, 0) is 0 Å². The third-order valence-electron chi connectivity index (χ3n) is 4.46. The molecule has 0 spiro atoms. The molecule has 2 N–H and O–H groups in total. The molecule has 2 heterocycles. The second kappa shape index (κ2) is 5.94. The van der Waals surface area contributed by atoms with Crippen LogP contribution in [0, 0.1) is 34.6 Å². The number of fused-ring (bicyclic) bond motifs is 1. The summed E-state index contributed by atoms with van der Waals surface area (Å²) in [4.78, 5) is 27.7. The minimum Gasteiger partial charge on any atom is -0.478 e. The van der Waals surface area contributed by atoms with Crippen LogP contribution in [-0.4, -0.2) is 36.7 Å². The summed E-state index contributed by atoms with van der Waals surface area (Å²) in [7, 11) is 0. The number of aromatic nitrogens is 3. The lowest BCUT2D eigenvalue weighted by atomic mass is 9.94. The van der Waals surface area contributed by atoms with Gasteiger partial charge in [-0.2, -0.15) is 5.10 Å². The third-order valence-corrected chi connectivity index (χ3v) is 4.46. The van der Waals surface area contributed by atoms with E-state index in [-0.39, 0.29) is 11.3 Å². The van der Waals surface area contributed by atoms with Crippen molar-refractivity contribution in [3.8, 4) is 11.1 Å². The molecule has 0 bridgehead atoms. The van der Waals surface area contributed by atoms with Crippen LogP contribution in [0.2, 0.25) is 0 Å². The van der Waals surface area contributed by atoms with Gasteiger partial charge in [-0.05, 0) is 51.3 Å². The van der Waals surface area contributed by atoms with Crippen molar-refractivity contribution in [1.82, 2.24) is 14.6 Å². The summed E-state index contributed by atoms with van der Waals surface area (Å²) in [5, 5.41) is 23.3. The van der Waals surface area contributed by atoms with Gasteiger partial charge < -0.3 is 10.2 Å². The van der Waals surface area contributed by atoms with Crippen molar-refractivity contribution in [2.45, 2.75) is 34.6 Å². The van der Waals surface area contributed by atoms with E-state index in [0.29, 0.717) is 11.3 Å². The molecule has 1 aromatic carbocycles. The number of benzene rings is 1. The maximum absolute atomic E-state index is 11.8. The Labute approximate surface area is 149 Å². The molecular formula is C19H19N3O4. The molecule has 0 saturated carbocycles. The third kappa shape index (κ3) is 2.52. The Morgan fingerprint density at radius 3 is 1.96 bits per heavy atom. The van der Waals surface area contributed by atoms with E-state index in [1.165, 1.54) is 6.92 Å². The van der Waals surface area contributed by atoms with E-state index in [2.05, 4.69) is 10.1 Å². The molecule has 3 aromatic rings. The smallest absolute Gasteiger partial charge is 0.355 e. The van der Waals surface area contributed by atoms with Gasteiger partial charge in [-0.3, -0.25) is 0 Å². The molecule has 7 heteroatoms. The van der Waals surface area contributed by atoms with Gasteiger partial charge in [0.15, 0.2) is 11.3 Å². The highest BCUT2D eigenvalue weighted by atomic mass is 16.4. The fourth-order valence-electron chi connectivity index (χ4n) is 3.59. The summed E-state index contributed by atoms with van der Waals surface area (Å²) in [6.07, 6.45) is 0. The van der Waals surface area contributed by atoms with Gasteiger partial charge >= 0.3 is 11.9 Å². The Hall–Kier alpha value is -3.22. The monoisotopic (exact) mass is 353 g/mol. The standard InChI is InChI=1S/C19H19N3O4/c1-8-6-9(2)13(10(3)7-8)14-12(5)21-22-16(19(25)26)15(18(23)24)11(4)20-17(14)22/h6-7H,1-5H3,(H,23,24)(H,25,26). The first kappa shape index (κ1) is 17.6. The van der Waals surface area contributed by atoms with Crippen molar-refractivity contribution in [3.05, 3.63) is 51.5 Å². The summed E-state index contributed by atoms with van der Waals surface area (Å²) in [5.74, 6) is -2.70. The molecule has 0 amide bonds. The highest BCUT2D eigenvalue weighted by Gasteiger charge is 2.28. The molecule has 0 unspecified atom stereocenters. The van der Waals surface area contributed by atoms with E-state index in [9.17, 15) is 19.8 Å². The molecule has 0 radical (unpaired) electrons. The average molecular weight is 353 g/mol. The SMILES string of the molecule is Cc1cc(C)c(-c2c(C)nn3c(C(=O)O)c(C(=O)O)c(C)nc23)c(C)c1. The van der Waals surface area contributed by atoms with Crippen LogP contribution in [0.15, 0.2) is 12.1 Å². The lowest BCUT2D eigenvalue weighted by Crippen LogP contribution is -2.17. The Kier molecular flexibility index (Phi) is 4.02. The van der Waals surface area contributed by atoms with Crippen molar-refractivity contribution >= 4 is 17.6 Å². The zero-order valence-corrected chi connectivity index (χ0v) is 15.2. The molecule has 7 nitrogen and oxygen atoms in total. The Morgan fingerprint density at radius 2 is 1.46 bits per heavy atom. The first-order valence-electron chi connectivity index (χ1n) is 8.08. The van der Waals surface area contributed by atoms with E-state index in [1.54, 1.807) is 6.92 Å². The minimum absolute atomic E-state index is 0.144. The quantitative estimate of drug-likeness (QED) is 0.748. The number of aryl methyl sites for hydroxylation is 5. The van der Waals surface area contributed by atoms with E-state index in [0.717, 1.165) is 32.3 Å². The molecule has 0 fully saturated rings. The topological polar surface area (TPSA) is 105 Å². The van der Waals surface area contributed by atoms with Crippen molar-refractivity contribution in [2.75, 3.05) is 0 Å². The number of carbonyl (C=O) groups is 2.